The Morgan fingerprint density at radius 2 is 2.11 bits per heavy atom. The summed E-state index contributed by atoms with van der Waals surface area (Å²) in [5.74, 6) is 0. The first kappa shape index (κ1) is 14.3. The average Bonchev–Trinajstić information content (AvgIpc) is 2.77. The molecule has 2 fully saturated rings. The molecule has 106 valence electrons. The molecule has 0 aromatic carbocycles. The third-order valence-corrected chi connectivity index (χ3v) is 4.49. The summed E-state index contributed by atoms with van der Waals surface area (Å²) in [5.41, 5.74) is 0. The first-order valence-electron chi connectivity index (χ1n) is 7.85. The Balaban J connectivity index is 1.87. The standard InChI is InChI=1S/C15H30N2O/c1-4-6-14-9-16-13(5-2)10-17(14)11-15-8-7-12(3)18-15/h12-16H,4-11H2,1-3H3. The van der Waals surface area contributed by atoms with Crippen LogP contribution in [-0.4, -0.2) is 48.8 Å². The SMILES string of the molecule is CCCC1CNC(CC)CN1CC1CCC(C)O1. The van der Waals surface area contributed by atoms with Crippen LogP contribution in [0.4, 0.5) is 0 Å². The predicted molar refractivity (Wildman–Crippen MR) is 75.9 cm³/mol. The summed E-state index contributed by atoms with van der Waals surface area (Å²) in [6.45, 7) is 10.3. The number of hydrogen-bond acceptors (Lipinski definition) is 3. The zero-order chi connectivity index (χ0) is 13.0. The van der Waals surface area contributed by atoms with Crippen LogP contribution in [0.3, 0.4) is 0 Å². The zero-order valence-corrected chi connectivity index (χ0v) is 12.3. The van der Waals surface area contributed by atoms with Crippen molar-refractivity contribution in [2.75, 3.05) is 19.6 Å². The van der Waals surface area contributed by atoms with Gasteiger partial charge in [-0.3, -0.25) is 4.90 Å². The fourth-order valence-electron chi connectivity index (χ4n) is 3.32. The summed E-state index contributed by atoms with van der Waals surface area (Å²) in [4.78, 5) is 2.69. The highest BCUT2D eigenvalue weighted by Gasteiger charge is 2.30. The van der Waals surface area contributed by atoms with Gasteiger partial charge in [0.2, 0.25) is 0 Å². The number of rotatable bonds is 5. The number of nitrogens with zero attached hydrogens (tertiary/aromatic N) is 1. The van der Waals surface area contributed by atoms with Crippen molar-refractivity contribution < 1.29 is 4.74 Å². The van der Waals surface area contributed by atoms with Crippen molar-refractivity contribution in [3.8, 4) is 0 Å². The molecule has 0 aromatic rings. The van der Waals surface area contributed by atoms with Crippen molar-refractivity contribution in [3.63, 3.8) is 0 Å². The van der Waals surface area contributed by atoms with Crippen LogP contribution in [0.2, 0.25) is 0 Å². The van der Waals surface area contributed by atoms with E-state index in [9.17, 15) is 0 Å². The molecule has 0 aliphatic carbocycles. The molecular formula is C15H30N2O. The van der Waals surface area contributed by atoms with E-state index in [-0.39, 0.29) is 0 Å². The van der Waals surface area contributed by atoms with Gasteiger partial charge in [0.15, 0.2) is 0 Å². The molecule has 0 aromatic heterocycles. The van der Waals surface area contributed by atoms with E-state index in [1.165, 1.54) is 38.6 Å². The van der Waals surface area contributed by atoms with E-state index in [2.05, 4.69) is 31.0 Å². The van der Waals surface area contributed by atoms with Crippen molar-refractivity contribution >= 4 is 0 Å². The largest absolute Gasteiger partial charge is 0.374 e. The van der Waals surface area contributed by atoms with Crippen molar-refractivity contribution in [1.82, 2.24) is 10.2 Å². The van der Waals surface area contributed by atoms with E-state index in [4.69, 9.17) is 4.74 Å². The van der Waals surface area contributed by atoms with Crippen LogP contribution in [0.15, 0.2) is 0 Å². The third-order valence-electron chi connectivity index (χ3n) is 4.49. The fraction of sp³-hybridized carbons (Fsp3) is 1.00. The normalized spacial score (nSPS) is 38.2. The molecule has 4 unspecified atom stereocenters. The second-order valence-electron chi connectivity index (χ2n) is 6.06. The minimum atomic E-state index is 0.476. The Kier molecular flexibility index (Phi) is 5.46. The van der Waals surface area contributed by atoms with Gasteiger partial charge in [0.25, 0.3) is 0 Å². The molecule has 2 saturated heterocycles. The molecule has 0 radical (unpaired) electrons. The summed E-state index contributed by atoms with van der Waals surface area (Å²) in [6, 6.07) is 1.40. The molecule has 2 aliphatic heterocycles. The second-order valence-corrected chi connectivity index (χ2v) is 6.06. The van der Waals surface area contributed by atoms with Gasteiger partial charge in [0.1, 0.15) is 0 Å². The predicted octanol–water partition coefficient (Wildman–Crippen LogP) is 2.41. The monoisotopic (exact) mass is 254 g/mol. The number of hydrogen-bond donors (Lipinski definition) is 1. The van der Waals surface area contributed by atoms with E-state index >= 15 is 0 Å². The van der Waals surface area contributed by atoms with Crippen molar-refractivity contribution in [2.45, 2.75) is 77.2 Å². The van der Waals surface area contributed by atoms with Gasteiger partial charge < -0.3 is 10.1 Å². The van der Waals surface area contributed by atoms with Crippen LogP contribution in [0.1, 0.15) is 52.9 Å². The number of ether oxygens (including phenoxy) is 1. The zero-order valence-electron chi connectivity index (χ0n) is 12.3. The molecule has 0 spiro atoms. The van der Waals surface area contributed by atoms with Crippen molar-refractivity contribution in [1.29, 1.82) is 0 Å². The highest BCUT2D eigenvalue weighted by Crippen LogP contribution is 2.22. The third kappa shape index (κ3) is 3.69. The molecule has 2 rings (SSSR count). The lowest BCUT2D eigenvalue weighted by molar-refractivity contribution is 0.00905. The minimum absolute atomic E-state index is 0.476. The number of piperazine rings is 1. The van der Waals surface area contributed by atoms with Gasteiger partial charge in [-0.2, -0.15) is 0 Å². The Morgan fingerprint density at radius 1 is 1.28 bits per heavy atom. The highest BCUT2D eigenvalue weighted by molar-refractivity contribution is 4.87. The average molecular weight is 254 g/mol. The quantitative estimate of drug-likeness (QED) is 0.815. The van der Waals surface area contributed by atoms with E-state index in [1.807, 2.05) is 0 Å². The first-order chi connectivity index (χ1) is 8.72. The lowest BCUT2D eigenvalue weighted by atomic mass is 10.0. The molecule has 0 saturated carbocycles. The van der Waals surface area contributed by atoms with E-state index in [1.54, 1.807) is 0 Å². The van der Waals surface area contributed by atoms with Gasteiger partial charge in [-0.15, -0.1) is 0 Å². The summed E-state index contributed by atoms with van der Waals surface area (Å²) in [6.07, 6.45) is 7.27. The van der Waals surface area contributed by atoms with Gasteiger partial charge in [-0.1, -0.05) is 20.3 Å². The second kappa shape index (κ2) is 6.88. The first-order valence-corrected chi connectivity index (χ1v) is 7.85. The fourth-order valence-corrected chi connectivity index (χ4v) is 3.32. The van der Waals surface area contributed by atoms with Gasteiger partial charge >= 0.3 is 0 Å². The topological polar surface area (TPSA) is 24.5 Å². The van der Waals surface area contributed by atoms with Crippen molar-refractivity contribution in [2.24, 2.45) is 0 Å². The minimum Gasteiger partial charge on any atom is -0.374 e. The van der Waals surface area contributed by atoms with E-state index in [0.29, 0.717) is 18.2 Å². The summed E-state index contributed by atoms with van der Waals surface area (Å²) in [7, 11) is 0. The molecule has 18 heavy (non-hydrogen) atoms. The number of nitrogens with one attached hydrogen (secondary N) is 1. The van der Waals surface area contributed by atoms with Gasteiger partial charge in [0.05, 0.1) is 12.2 Å². The smallest absolute Gasteiger partial charge is 0.0706 e. The molecule has 0 amide bonds. The Morgan fingerprint density at radius 3 is 2.72 bits per heavy atom. The molecular weight excluding hydrogens is 224 g/mol. The van der Waals surface area contributed by atoms with E-state index in [0.717, 1.165) is 19.1 Å². The summed E-state index contributed by atoms with van der Waals surface area (Å²) < 4.78 is 6.00. The van der Waals surface area contributed by atoms with Gasteiger partial charge in [0, 0.05) is 31.7 Å². The van der Waals surface area contributed by atoms with Crippen LogP contribution in [0.5, 0.6) is 0 Å². The molecule has 4 atom stereocenters. The molecule has 2 aliphatic rings. The van der Waals surface area contributed by atoms with Crippen LogP contribution in [0.25, 0.3) is 0 Å². The molecule has 0 bridgehead atoms. The lowest BCUT2D eigenvalue weighted by Crippen LogP contribution is -2.57. The maximum atomic E-state index is 6.00. The van der Waals surface area contributed by atoms with Crippen LogP contribution in [-0.2, 0) is 4.74 Å². The highest BCUT2D eigenvalue weighted by atomic mass is 16.5. The Bertz CT molecular complexity index is 247. The van der Waals surface area contributed by atoms with Crippen LogP contribution >= 0.6 is 0 Å². The molecule has 3 nitrogen and oxygen atoms in total. The van der Waals surface area contributed by atoms with Gasteiger partial charge in [-0.05, 0) is 32.6 Å². The summed E-state index contributed by atoms with van der Waals surface area (Å²) in [5, 5.41) is 3.68. The maximum absolute atomic E-state index is 6.00. The van der Waals surface area contributed by atoms with Crippen LogP contribution < -0.4 is 5.32 Å². The molecule has 2 heterocycles. The molecule has 3 heteroatoms. The Hall–Kier alpha value is -0.120. The van der Waals surface area contributed by atoms with Gasteiger partial charge in [-0.25, -0.2) is 0 Å². The van der Waals surface area contributed by atoms with Crippen LogP contribution in [0, 0.1) is 0 Å². The maximum Gasteiger partial charge on any atom is 0.0706 e. The Labute approximate surface area is 112 Å². The summed E-state index contributed by atoms with van der Waals surface area (Å²) >= 11 is 0. The van der Waals surface area contributed by atoms with E-state index < -0.39 is 0 Å². The van der Waals surface area contributed by atoms with Crippen molar-refractivity contribution in [3.05, 3.63) is 0 Å². The molecule has 1 N–H and O–H groups in total. The lowest BCUT2D eigenvalue weighted by Gasteiger charge is -2.41.